The number of esters is 1. The Morgan fingerprint density at radius 3 is 2.87 bits per heavy atom. The molecule has 5 unspecified atom stereocenters. The molecule has 3 nitrogen and oxygen atoms in total. The van der Waals surface area contributed by atoms with E-state index in [1.165, 1.54) is 6.42 Å². The van der Waals surface area contributed by atoms with Gasteiger partial charge in [-0.05, 0) is 38.5 Å². The molecule has 0 aromatic rings. The van der Waals surface area contributed by atoms with Gasteiger partial charge in [-0.25, -0.2) is 0 Å². The molecule has 0 radical (unpaired) electrons. The molecular weight excluding hydrogens is 192 g/mol. The second-order valence-electron chi connectivity index (χ2n) is 5.44. The lowest BCUT2D eigenvalue weighted by molar-refractivity contribution is -0.142. The molecule has 2 saturated carbocycles. The maximum Gasteiger partial charge on any atom is 0.309 e. The van der Waals surface area contributed by atoms with Gasteiger partial charge in [-0.3, -0.25) is 4.79 Å². The molecule has 1 aliphatic heterocycles. The molecule has 3 fully saturated rings. The molecule has 15 heavy (non-hydrogen) atoms. The van der Waals surface area contributed by atoms with Crippen LogP contribution in [-0.2, 0) is 14.3 Å². The van der Waals surface area contributed by atoms with E-state index < -0.39 is 0 Å². The highest BCUT2D eigenvalue weighted by Crippen LogP contribution is 2.56. The van der Waals surface area contributed by atoms with E-state index in [1.54, 1.807) is 0 Å². The van der Waals surface area contributed by atoms with Gasteiger partial charge in [0.2, 0.25) is 0 Å². The Bertz CT molecular complexity index is 287. The van der Waals surface area contributed by atoms with Crippen LogP contribution in [0.2, 0.25) is 0 Å². The van der Waals surface area contributed by atoms with Crippen molar-refractivity contribution in [2.24, 2.45) is 23.7 Å². The van der Waals surface area contributed by atoms with Gasteiger partial charge in [0.25, 0.3) is 0 Å². The molecule has 1 saturated heterocycles. The fraction of sp³-hybridized carbons (Fsp3) is 0.917. The van der Waals surface area contributed by atoms with Crippen molar-refractivity contribution >= 4 is 5.97 Å². The Morgan fingerprint density at radius 2 is 2.13 bits per heavy atom. The SMILES string of the molecule is CC(C)OC1CC2CC1C1COC(=O)C21. The van der Waals surface area contributed by atoms with E-state index in [2.05, 4.69) is 13.8 Å². The van der Waals surface area contributed by atoms with Crippen LogP contribution in [0.1, 0.15) is 26.7 Å². The van der Waals surface area contributed by atoms with Crippen LogP contribution >= 0.6 is 0 Å². The van der Waals surface area contributed by atoms with Crippen LogP contribution in [0.5, 0.6) is 0 Å². The summed E-state index contributed by atoms with van der Waals surface area (Å²) in [4.78, 5) is 11.5. The van der Waals surface area contributed by atoms with Gasteiger partial charge in [0.1, 0.15) is 0 Å². The first-order valence-corrected chi connectivity index (χ1v) is 5.99. The molecule has 3 heteroatoms. The molecule has 0 N–H and O–H groups in total. The zero-order chi connectivity index (χ0) is 10.6. The van der Waals surface area contributed by atoms with Crippen LogP contribution in [0.4, 0.5) is 0 Å². The molecule has 0 amide bonds. The van der Waals surface area contributed by atoms with Crippen molar-refractivity contribution in [1.82, 2.24) is 0 Å². The van der Waals surface area contributed by atoms with Gasteiger partial charge in [0.05, 0.1) is 24.7 Å². The van der Waals surface area contributed by atoms with Crippen LogP contribution in [0, 0.1) is 23.7 Å². The van der Waals surface area contributed by atoms with Crippen LogP contribution in [0.15, 0.2) is 0 Å². The van der Waals surface area contributed by atoms with Crippen molar-refractivity contribution in [2.45, 2.75) is 38.9 Å². The number of hydrogen-bond donors (Lipinski definition) is 0. The van der Waals surface area contributed by atoms with E-state index >= 15 is 0 Å². The smallest absolute Gasteiger partial charge is 0.309 e. The standard InChI is InChI=1S/C12H18O3/c1-6(2)15-10-4-7-3-8(10)9-5-14-12(13)11(7)9/h6-11H,3-5H2,1-2H3. The number of carbonyl (C=O) groups excluding carboxylic acids is 1. The number of ether oxygens (including phenoxy) is 2. The lowest BCUT2D eigenvalue weighted by Crippen LogP contribution is -2.34. The average molecular weight is 210 g/mol. The average Bonchev–Trinajstić information content (AvgIpc) is 2.76. The minimum Gasteiger partial charge on any atom is -0.465 e. The molecule has 1 heterocycles. The van der Waals surface area contributed by atoms with Crippen molar-refractivity contribution in [3.05, 3.63) is 0 Å². The Balaban J connectivity index is 1.75. The molecule has 0 aromatic carbocycles. The molecule has 84 valence electrons. The molecule has 0 spiro atoms. The number of fused-ring (bicyclic) bond motifs is 5. The van der Waals surface area contributed by atoms with E-state index in [4.69, 9.17) is 9.47 Å². The van der Waals surface area contributed by atoms with Gasteiger partial charge in [-0.15, -0.1) is 0 Å². The summed E-state index contributed by atoms with van der Waals surface area (Å²) in [7, 11) is 0. The third-order valence-corrected chi connectivity index (χ3v) is 4.24. The predicted molar refractivity (Wildman–Crippen MR) is 54.2 cm³/mol. The highest BCUT2D eigenvalue weighted by molar-refractivity contribution is 5.76. The minimum atomic E-state index is 0.0514. The topological polar surface area (TPSA) is 35.5 Å². The van der Waals surface area contributed by atoms with E-state index in [0.717, 1.165) is 6.42 Å². The largest absolute Gasteiger partial charge is 0.465 e. The van der Waals surface area contributed by atoms with Gasteiger partial charge in [-0.1, -0.05) is 0 Å². The summed E-state index contributed by atoms with van der Waals surface area (Å²) in [6.45, 7) is 4.81. The summed E-state index contributed by atoms with van der Waals surface area (Å²) in [5, 5.41) is 0. The van der Waals surface area contributed by atoms with E-state index in [-0.39, 0.29) is 11.9 Å². The fourth-order valence-corrected chi connectivity index (χ4v) is 3.81. The summed E-state index contributed by atoms with van der Waals surface area (Å²) >= 11 is 0. The van der Waals surface area contributed by atoms with Crippen LogP contribution in [0.25, 0.3) is 0 Å². The molecule has 2 aliphatic carbocycles. The predicted octanol–water partition coefficient (Wildman–Crippen LogP) is 1.61. The van der Waals surface area contributed by atoms with Gasteiger partial charge in [-0.2, -0.15) is 0 Å². The highest BCUT2D eigenvalue weighted by Gasteiger charge is 2.59. The number of rotatable bonds is 2. The normalized spacial score (nSPS) is 47.4. The first-order valence-electron chi connectivity index (χ1n) is 5.99. The maximum absolute atomic E-state index is 11.5. The fourth-order valence-electron chi connectivity index (χ4n) is 3.81. The summed E-state index contributed by atoms with van der Waals surface area (Å²) in [6, 6.07) is 0. The van der Waals surface area contributed by atoms with E-state index in [0.29, 0.717) is 36.6 Å². The molecular formula is C12H18O3. The maximum atomic E-state index is 11.5. The Hall–Kier alpha value is -0.570. The molecule has 5 atom stereocenters. The van der Waals surface area contributed by atoms with Crippen molar-refractivity contribution < 1.29 is 14.3 Å². The molecule has 2 bridgehead atoms. The van der Waals surface area contributed by atoms with E-state index in [1.807, 2.05) is 0 Å². The number of cyclic esters (lactones) is 1. The minimum absolute atomic E-state index is 0.0514. The second kappa shape index (κ2) is 3.21. The summed E-state index contributed by atoms with van der Waals surface area (Å²) in [5.74, 6) is 1.84. The van der Waals surface area contributed by atoms with Crippen molar-refractivity contribution in [1.29, 1.82) is 0 Å². The van der Waals surface area contributed by atoms with Crippen LogP contribution in [0.3, 0.4) is 0 Å². The highest BCUT2D eigenvalue weighted by atomic mass is 16.5. The zero-order valence-electron chi connectivity index (χ0n) is 9.31. The van der Waals surface area contributed by atoms with Crippen molar-refractivity contribution in [3.8, 4) is 0 Å². The second-order valence-corrected chi connectivity index (χ2v) is 5.44. The van der Waals surface area contributed by atoms with Crippen LogP contribution < -0.4 is 0 Å². The van der Waals surface area contributed by atoms with Gasteiger partial charge in [0, 0.05) is 5.92 Å². The molecule has 3 aliphatic rings. The van der Waals surface area contributed by atoms with Gasteiger partial charge >= 0.3 is 5.97 Å². The van der Waals surface area contributed by atoms with E-state index in [9.17, 15) is 4.79 Å². The first kappa shape index (κ1) is 9.64. The van der Waals surface area contributed by atoms with Gasteiger partial charge in [0.15, 0.2) is 0 Å². The Morgan fingerprint density at radius 1 is 1.33 bits per heavy atom. The summed E-state index contributed by atoms with van der Waals surface area (Å²) < 4.78 is 11.1. The van der Waals surface area contributed by atoms with Crippen molar-refractivity contribution in [3.63, 3.8) is 0 Å². The first-order chi connectivity index (χ1) is 7.16. The lowest BCUT2D eigenvalue weighted by Gasteiger charge is -2.30. The van der Waals surface area contributed by atoms with Crippen molar-refractivity contribution in [2.75, 3.05) is 6.61 Å². The third kappa shape index (κ3) is 1.32. The Labute approximate surface area is 90.1 Å². The third-order valence-electron chi connectivity index (χ3n) is 4.24. The summed E-state index contributed by atoms with van der Waals surface area (Å²) in [6.07, 6.45) is 2.93. The zero-order valence-corrected chi connectivity index (χ0v) is 9.31. The number of carbonyl (C=O) groups is 1. The Kier molecular flexibility index (Phi) is 2.06. The quantitative estimate of drug-likeness (QED) is 0.649. The lowest BCUT2D eigenvalue weighted by atomic mass is 9.80. The molecule has 3 rings (SSSR count). The molecule has 0 aromatic heterocycles. The summed E-state index contributed by atoms with van der Waals surface area (Å²) in [5.41, 5.74) is 0. The number of hydrogen-bond acceptors (Lipinski definition) is 3. The van der Waals surface area contributed by atoms with Crippen LogP contribution in [-0.4, -0.2) is 24.8 Å². The van der Waals surface area contributed by atoms with Gasteiger partial charge < -0.3 is 9.47 Å². The monoisotopic (exact) mass is 210 g/mol.